The second kappa shape index (κ2) is 17.3. The summed E-state index contributed by atoms with van der Waals surface area (Å²) in [5.74, 6) is -4.67. The molecule has 0 saturated carbocycles. The first-order valence-electron chi connectivity index (χ1n) is 13.3. The van der Waals surface area contributed by atoms with Crippen molar-refractivity contribution in [3.8, 4) is 5.75 Å². The first kappa shape index (κ1) is 34.6. The molecule has 0 fully saturated rings. The minimum atomic E-state index is -1.40. The maximum Gasteiger partial charge on any atom is 0.326 e. The monoisotopic (exact) mass is 578 g/mol. The Bertz CT molecular complexity index is 1080. The number of aromatic hydroxyl groups is 1. The number of hydrogen-bond donors (Lipinski definition) is 9. The lowest BCUT2D eigenvalue weighted by molar-refractivity contribution is -0.143. The summed E-state index contributed by atoms with van der Waals surface area (Å²) in [5, 5.41) is 26.7. The number of carboxylic acid groups (broad SMARTS) is 1. The number of carboxylic acids is 1. The Labute approximate surface area is 238 Å². The van der Waals surface area contributed by atoms with Crippen molar-refractivity contribution in [3.63, 3.8) is 0 Å². The fourth-order valence-electron chi connectivity index (χ4n) is 3.77. The highest BCUT2D eigenvalue weighted by Crippen LogP contribution is 2.14. The molecule has 41 heavy (non-hydrogen) atoms. The Morgan fingerprint density at radius 3 is 2.05 bits per heavy atom. The number of carbonyl (C=O) groups excluding carboxylic acids is 4. The molecule has 0 spiro atoms. The van der Waals surface area contributed by atoms with Crippen LogP contribution in [-0.4, -0.2) is 76.5 Å². The molecule has 228 valence electrons. The summed E-state index contributed by atoms with van der Waals surface area (Å²) in [6.07, 6.45) is 0.619. The first-order valence-corrected chi connectivity index (χ1v) is 13.3. The van der Waals surface area contributed by atoms with E-state index in [0.29, 0.717) is 18.4 Å². The van der Waals surface area contributed by atoms with E-state index in [-0.39, 0.29) is 43.9 Å². The van der Waals surface area contributed by atoms with E-state index >= 15 is 0 Å². The van der Waals surface area contributed by atoms with Crippen molar-refractivity contribution >= 4 is 35.6 Å². The van der Waals surface area contributed by atoms with Crippen LogP contribution in [0.2, 0.25) is 0 Å². The van der Waals surface area contributed by atoms with Crippen molar-refractivity contribution < 1.29 is 34.2 Å². The van der Waals surface area contributed by atoms with Gasteiger partial charge in [0.05, 0.1) is 6.04 Å². The third kappa shape index (κ3) is 13.0. The lowest BCUT2D eigenvalue weighted by Crippen LogP contribution is -2.59. The van der Waals surface area contributed by atoms with Gasteiger partial charge in [-0.1, -0.05) is 32.4 Å². The van der Waals surface area contributed by atoms with E-state index < -0.39 is 59.7 Å². The average molecular weight is 579 g/mol. The molecule has 15 nitrogen and oxygen atoms in total. The number of phenols is 1. The van der Waals surface area contributed by atoms with Gasteiger partial charge in [0.15, 0.2) is 5.96 Å². The van der Waals surface area contributed by atoms with Gasteiger partial charge in [-0.25, -0.2) is 4.79 Å². The van der Waals surface area contributed by atoms with Gasteiger partial charge in [-0.3, -0.25) is 24.2 Å². The number of rotatable bonds is 18. The number of hydrogen-bond acceptors (Lipinski definition) is 8. The van der Waals surface area contributed by atoms with E-state index in [1.807, 2.05) is 0 Å². The minimum absolute atomic E-state index is 0.00375. The van der Waals surface area contributed by atoms with Crippen LogP contribution in [0.5, 0.6) is 5.75 Å². The Morgan fingerprint density at radius 1 is 0.902 bits per heavy atom. The van der Waals surface area contributed by atoms with E-state index in [1.54, 1.807) is 26.0 Å². The van der Waals surface area contributed by atoms with E-state index in [1.165, 1.54) is 12.1 Å². The van der Waals surface area contributed by atoms with Crippen LogP contribution in [-0.2, 0) is 30.4 Å². The van der Waals surface area contributed by atoms with Crippen LogP contribution in [0.25, 0.3) is 0 Å². The average Bonchev–Trinajstić information content (AvgIpc) is 2.91. The molecule has 0 aromatic heterocycles. The van der Waals surface area contributed by atoms with Crippen molar-refractivity contribution in [1.82, 2.24) is 16.0 Å². The second-order valence-electron chi connectivity index (χ2n) is 9.76. The highest BCUT2D eigenvalue weighted by molar-refractivity contribution is 5.94. The zero-order valence-electron chi connectivity index (χ0n) is 23.3. The van der Waals surface area contributed by atoms with Crippen molar-refractivity contribution in [3.05, 3.63) is 29.8 Å². The van der Waals surface area contributed by atoms with Gasteiger partial charge in [0.2, 0.25) is 23.6 Å². The lowest BCUT2D eigenvalue weighted by atomic mass is 9.96. The smallest absolute Gasteiger partial charge is 0.326 e. The Balaban J connectivity index is 3.12. The predicted molar refractivity (Wildman–Crippen MR) is 151 cm³/mol. The molecule has 5 unspecified atom stereocenters. The molecule has 1 aromatic carbocycles. The SMILES string of the molecule is CCC(C)C(NC(=O)C(Cc1ccc(O)cc1)NC(=O)C(N)CCCN=C(N)N)C(=O)NC(CCC(N)=O)C(=O)O. The molecular formula is C26H42N8O7. The summed E-state index contributed by atoms with van der Waals surface area (Å²) in [7, 11) is 0. The van der Waals surface area contributed by atoms with Gasteiger partial charge < -0.3 is 49.1 Å². The van der Waals surface area contributed by atoms with Crippen molar-refractivity contribution in [2.24, 2.45) is 33.8 Å². The molecule has 0 aliphatic rings. The number of nitrogens with zero attached hydrogens (tertiary/aromatic N) is 1. The van der Waals surface area contributed by atoms with Crippen LogP contribution in [0.15, 0.2) is 29.3 Å². The van der Waals surface area contributed by atoms with Crippen molar-refractivity contribution in [2.45, 2.75) is 76.5 Å². The topological polar surface area (TPSA) is 278 Å². The molecule has 1 rings (SSSR count). The Morgan fingerprint density at radius 2 is 1.51 bits per heavy atom. The molecule has 0 bridgehead atoms. The molecule has 4 amide bonds. The van der Waals surface area contributed by atoms with Crippen LogP contribution < -0.4 is 38.9 Å². The summed E-state index contributed by atoms with van der Waals surface area (Å²) in [6.45, 7) is 3.75. The highest BCUT2D eigenvalue weighted by Gasteiger charge is 2.33. The van der Waals surface area contributed by atoms with Gasteiger partial charge in [0.25, 0.3) is 0 Å². The predicted octanol–water partition coefficient (Wildman–Crippen LogP) is -1.83. The molecule has 5 atom stereocenters. The number of primary amides is 1. The van der Waals surface area contributed by atoms with Crippen molar-refractivity contribution in [2.75, 3.05) is 6.54 Å². The number of amides is 4. The summed E-state index contributed by atoms with van der Waals surface area (Å²) in [5.41, 5.74) is 22.3. The maximum atomic E-state index is 13.5. The number of nitrogens with two attached hydrogens (primary N) is 4. The van der Waals surface area contributed by atoms with Gasteiger partial charge in [0, 0.05) is 19.4 Å². The molecule has 15 heteroatoms. The Kier molecular flexibility index (Phi) is 14.6. The summed E-state index contributed by atoms with van der Waals surface area (Å²) >= 11 is 0. The normalized spacial score (nSPS) is 14.4. The quantitative estimate of drug-likeness (QED) is 0.0533. The van der Waals surface area contributed by atoms with Crippen molar-refractivity contribution in [1.29, 1.82) is 0 Å². The number of nitrogens with one attached hydrogen (secondary N) is 3. The number of aliphatic imine (C=N–C) groups is 1. The van der Waals surface area contributed by atoms with Gasteiger partial charge >= 0.3 is 5.97 Å². The van der Waals surface area contributed by atoms with Gasteiger partial charge in [-0.05, 0) is 42.9 Å². The highest BCUT2D eigenvalue weighted by atomic mass is 16.4. The summed E-state index contributed by atoms with van der Waals surface area (Å²) in [4.78, 5) is 66.0. The molecule has 13 N–H and O–H groups in total. The largest absolute Gasteiger partial charge is 0.508 e. The van der Waals surface area contributed by atoms with Gasteiger partial charge in [0.1, 0.15) is 23.9 Å². The fraction of sp³-hybridized carbons (Fsp3) is 0.538. The maximum absolute atomic E-state index is 13.5. The summed E-state index contributed by atoms with van der Waals surface area (Å²) < 4.78 is 0. The number of phenolic OH excluding ortho intramolecular Hbond substituents is 1. The molecular weight excluding hydrogens is 536 g/mol. The van der Waals surface area contributed by atoms with Gasteiger partial charge in [-0.15, -0.1) is 0 Å². The molecule has 1 aromatic rings. The van der Waals surface area contributed by atoms with Crippen LogP contribution in [0, 0.1) is 5.92 Å². The first-order chi connectivity index (χ1) is 19.2. The molecule has 0 heterocycles. The number of benzene rings is 1. The molecule has 0 radical (unpaired) electrons. The van der Waals surface area contributed by atoms with Crippen LogP contribution in [0.4, 0.5) is 0 Å². The van der Waals surface area contributed by atoms with E-state index in [0.717, 1.165) is 0 Å². The minimum Gasteiger partial charge on any atom is -0.508 e. The zero-order valence-corrected chi connectivity index (χ0v) is 23.3. The van der Waals surface area contributed by atoms with E-state index in [2.05, 4.69) is 20.9 Å². The van der Waals surface area contributed by atoms with E-state index in [4.69, 9.17) is 22.9 Å². The number of aliphatic carboxylic acids is 1. The summed E-state index contributed by atoms with van der Waals surface area (Å²) in [6, 6.07) is 1.30. The molecule has 0 saturated heterocycles. The molecule has 0 aliphatic heterocycles. The zero-order chi connectivity index (χ0) is 31.1. The lowest BCUT2D eigenvalue weighted by Gasteiger charge is -2.28. The Hall–Kier alpha value is -4.40. The van der Waals surface area contributed by atoms with Crippen LogP contribution in [0.3, 0.4) is 0 Å². The van der Waals surface area contributed by atoms with Crippen LogP contribution in [0.1, 0.15) is 51.5 Å². The fourth-order valence-corrected chi connectivity index (χ4v) is 3.77. The van der Waals surface area contributed by atoms with Crippen LogP contribution >= 0.6 is 0 Å². The van der Waals surface area contributed by atoms with Gasteiger partial charge in [-0.2, -0.15) is 0 Å². The third-order valence-electron chi connectivity index (χ3n) is 6.40. The second-order valence-corrected chi connectivity index (χ2v) is 9.76. The van der Waals surface area contributed by atoms with E-state index in [9.17, 15) is 34.2 Å². The standard InChI is InChI=1S/C26H42N8O7/c1-3-14(2)21(24(39)32-18(25(40)41)10-11-20(28)36)34-23(38)19(13-15-6-8-16(35)9-7-15)33-22(37)17(27)5-4-12-31-26(29)30/h6-9,14,17-19,21,35H,3-5,10-13,27H2,1-2H3,(H2,28,36)(H,32,39)(H,33,37)(H,34,38)(H,40,41)(H4,29,30,31). The number of guanidine groups is 1. The molecule has 0 aliphatic carbocycles. The third-order valence-corrected chi connectivity index (χ3v) is 6.40. The number of carbonyl (C=O) groups is 5.